The fourth-order valence-electron chi connectivity index (χ4n) is 1.58. The number of carbonyl (C=O) groups is 1. The van der Waals surface area contributed by atoms with Crippen molar-refractivity contribution in [1.82, 2.24) is 0 Å². The standard InChI is InChI=1S/C14H10BrNO4/c15-9-14(17)10-4-6-12(7-5-10)20-13-3-1-2-11(8-13)16(18)19/h1-8H,9H2. The summed E-state index contributed by atoms with van der Waals surface area (Å²) in [5, 5.41) is 10.9. The highest BCUT2D eigenvalue weighted by Crippen LogP contribution is 2.25. The summed E-state index contributed by atoms with van der Waals surface area (Å²) in [5.74, 6) is 0.863. The second-order valence-corrected chi connectivity index (χ2v) is 4.50. The quantitative estimate of drug-likeness (QED) is 0.359. The van der Waals surface area contributed by atoms with E-state index in [1.165, 1.54) is 12.1 Å². The van der Waals surface area contributed by atoms with Gasteiger partial charge in [0.2, 0.25) is 0 Å². The van der Waals surface area contributed by atoms with Gasteiger partial charge in [-0.3, -0.25) is 14.9 Å². The molecule has 0 bridgehead atoms. The minimum atomic E-state index is -0.482. The van der Waals surface area contributed by atoms with Crippen molar-refractivity contribution in [3.8, 4) is 11.5 Å². The maximum absolute atomic E-state index is 11.4. The number of benzene rings is 2. The van der Waals surface area contributed by atoms with Crippen molar-refractivity contribution in [3.05, 3.63) is 64.2 Å². The van der Waals surface area contributed by atoms with Crippen molar-refractivity contribution in [3.63, 3.8) is 0 Å². The highest BCUT2D eigenvalue weighted by atomic mass is 79.9. The molecule has 0 atom stereocenters. The molecule has 102 valence electrons. The van der Waals surface area contributed by atoms with Crippen LogP contribution in [-0.4, -0.2) is 16.0 Å². The Hall–Kier alpha value is -2.21. The molecule has 0 spiro atoms. The van der Waals surface area contributed by atoms with Gasteiger partial charge >= 0.3 is 0 Å². The van der Waals surface area contributed by atoms with Crippen LogP contribution < -0.4 is 4.74 Å². The molecule has 2 aromatic rings. The van der Waals surface area contributed by atoms with E-state index in [0.29, 0.717) is 17.1 Å². The Morgan fingerprint density at radius 3 is 2.45 bits per heavy atom. The molecule has 2 rings (SSSR count). The summed E-state index contributed by atoms with van der Waals surface area (Å²) in [6.45, 7) is 0. The minimum absolute atomic E-state index is 0.0214. The number of rotatable bonds is 5. The monoisotopic (exact) mass is 335 g/mol. The third-order valence-electron chi connectivity index (χ3n) is 2.56. The summed E-state index contributed by atoms with van der Waals surface area (Å²) in [6, 6.07) is 12.5. The third kappa shape index (κ3) is 3.42. The molecule has 0 radical (unpaired) electrons. The number of halogens is 1. The molecule has 5 nitrogen and oxygen atoms in total. The molecule has 0 aromatic heterocycles. The summed E-state index contributed by atoms with van der Waals surface area (Å²) in [5.41, 5.74) is 0.543. The van der Waals surface area contributed by atoms with Gasteiger partial charge in [0.15, 0.2) is 5.78 Å². The van der Waals surface area contributed by atoms with Crippen LogP contribution in [0.1, 0.15) is 10.4 Å². The molecule has 6 heteroatoms. The van der Waals surface area contributed by atoms with E-state index in [1.807, 2.05) is 0 Å². The number of non-ortho nitro benzene ring substituents is 1. The van der Waals surface area contributed by atoms with Gasteiger partial charge in [0.25, 0.3) is 5.69 Å². The maximum atomic E-state index is 11.4. The fraction of sp³-hybridized carbons (Fsp3) is 0.0714. The van der Waals surface area contributed by atoms with Gasteiger partial charge in [0.05, 0.1) is 16.3 Å². The Bertz CT molecular complexity index is 640. The van der Waals surface area contributed by atoms with Gasteiger partial charge in [-0.15, -0.1) is 0 Å². The summed E-state index contributed by atoms with van der Waals surface area (Å²) in [4.78, 5) is 21.6. The first kappa shape index (κ1) is 14.2. The van der Waals surface area contributed by atoms with Crippen LogP contribution in [0, 0.1) is 10.1 Å². The Morgan fingerprint density at radius 2 is 1.85 bits per heavy atom. The molecule has 0 fully saturated rings. The van der Waals surface area contributed by atoms with Crippen LogP contribution in [0.4, 0.5) is 5.69 Å². The second kappa shape index (κ2) is 6.29. The smallest absolute Gasteiger partial charge is 0.273 e. The zero-order valence-electron chi connectivity index (χ0n) is 10.3. The average Bonchev–Trinajstić information content (AvgIpc) is 2.47. The number of Topliss-reactive ketones (excluding diaryl/α,β-unsaturated/α-hetero) is 1. The summed E-state index contributed by atoms with van der Waals surface area (Å²) < 4.78 is 5.51. The van der Waals surface area contributed by atoms with E-state index < -0.39 is 4.92 Å². The van der Waals surface area contributed by atoms with Crippen molar-refractivity contribution in [2.45, 2.75) is 0 Å². The van der Waals surface area contributed by atoms with Gasteiger partial charge in [-0.2, -0.15) is 0 Å². The van der Waals surface area contributed by atoms with Crippen LogP contribution in [0.15, 0.2) is 48.5 Å². The maximum Gasteiger partial charge on any atom is 0.273 e. The van der Waals surface area contributed by atoms with E-state index in [0.717, 1.165) is 0 Å². The molecule has 0 aliphatic heterocycles. The van der Waals surface area contributed by atoms with Crippen LogP contribution in [0.3, 0.4) is 0 Å². The van der Waals surface area contributed by atoms with Crippen LogP contribution in [0.2, 0.25) is 0 Å². The largest absolute Gasteiger partial charge is 0.457 e. The molecule has 0 heterocycles. The molecule has 0 N–H and O–H groups in total. The van der Waals surface area contributed by atoms with Crippen molar-refractivity contribution in [2.75, 3.05) is 5.33 Å². The average molecular weight is 336 g/mol. The number of alkyl halides is 1. The lowest BCUT2D eigenvalue weighted by Crippen LogP contribution is -1.99. The van der Waals surface area contributed by atoms with Gasteiger partial charge in [0, 0.05) is 11.6 Å². The first-order chi connectivity index (χ1) is 9.60. The number of hydrogen-bond donors (Lipinski definition) is 0. The number of hydrogen-bond acceptors (Lipinski definition) is 4. The topological polar surface area (TPSA) is 69.4 Å². The predicted molar refractivity (Wildman–Crippen MR) is 77.7 cm³/mol. The molecule has 0 saturated heterocycles. The lowest BCUT2D eigenvalue weighted by atomic mass is 10.1. The lowest BCUT2D eigenvalue weighted by molar-refractivity contribution is -0.384. The Morgan fingerprint density at radius 1 is 1.15 bits per heavy atom. The number of nitro benzene ring substituents is 1. The molecule has 2 aromatic carbocycles. The van der Waals surface area contributed by atoms with Gasteiger partial charge < -0.3 is 4.74 Å². The van der Waals surface area contributed by atoms with Crippen molar-refractivity contribution < 1.29 is 14.5 Å². The number of nitrogens with zero attached hydrogens (tertiary/aromatic N) is 1. The first-order valence-electron chi connectivity index (χ1n) is 5.71. The van der Waals surface area contributed by atoms with E-state index >= 15 is 0 Å². The molecule has 0 amide bonds. The molecule has 0 aliphatic rings. The molecule has 0 aliphatic carbocycles. The summed E-state index contributed by atoms with van der Waals surface area (Å²) in [7, 11) is 0. The number of carbonyl (C=O) groups excluding carboxylic acids is 1. The fourth-order valence-corrected chi connectivity index (χ4v) is 1.91. The normalized spacial score (nSPS) is 10.1. The van der Waals surface area contributed by atoms with E-state index in [9.17, 15) is 14.9 Å². The van der Waals surface area contributed by atoms with Gasteiger partial charge in [-0.05, 0) is 30.3 Å². The lowest BCUT2D eigenvalue weighted by Gasteiger charge is -2.06. The van der Waals surface area contributed by atoms with Gasteiger partial charge in [0.1, 0.15) is 11.5 Å². The highest BCUT2D eigenvalue weighted by Gasteiger charge is 2.08. The van der Waals surface area contributed by atoms with Crippen LogP contribution in [0.5, 0.6) is 11.5 Å². The third-order valence-corrected chi connectivity index (χ3v) is 3.07. The summed E-state index contributed by atoms with van der Waals surface area (Å²) in [6.07, 6.45) is 0. The zero-order valence-corrected chi connectivity index (χ0v) is 11.9. The second-order valence-electron chi connectivity index (χ2n) is 3.94. The Labute approximate surface area is 123 Å². The molecule has 0 saturated carbocycles. The zero-order chi connectivity index (χ0) is 14.5. The predicted octanol–water partition coefficient (Wildman–Crippen LogP) is 3.96. The Kier molecular flexibility index (Phi) is 4.47. The van der Waals surface area contributed by atoms with Crippen LogP contribution in [-0.2, 0) is 0 Å². The van der Waals surface area contributed by atoms with E-state index in [1.54, 1.807) is 36.4 Å². The Balaban J connectivity index is 2.16. The van der Waals surface area contributed by atoms with E-state index in [2.05, 4.69) is 15.9 Å². The SMILES string of the molecule is O=C(CBr)c1ccc(Oc2cccc([N+](=O)[O-])c2)cc1. The van der Waals surface area contributed by atoms with Gasteiger partial charge in [-0.25, -0.2) is 0 Å². The van der Waals surface area contributed by atoms with E-state index in [-0.39, 0.29) is 16.8 Å². The summed E-state index contributed by atoms with van der Waals surface area (Å²) >= 11 is 3.10. The first-order valence-corrected chi connectivity index (χ1v) is 6.84. The molecular weight excluding hydrogens is 326 g/mol. The number of nitro groups is 1. The minimum Gasteiger partial charge on any atom is -0.457 e. The van der Waals surface area contributed by atoms with Crippen LogP contribution >= 0.6 is 15.9 Å². The van der Waals surface area contributed by atoms with Crippen molar-refractivity contribution in [1.29, 1.82) is 0 Å². The number of ketones is 1. The molecule has 0 unspecified atom stereocenters. The number of ether oxygens (including phenoxy) is 1. The highest BCUT2D eigenvalue weighted by molar-refractivity contribution is 9.09. The van der Waals surface area contributed by atoms with Crippen LogP contribution in [0.25, 0.3) is 0 Å². The van der Waals surface area contributed by atoms with Crippen molar-refractivity contribution >= 4 is 27.4 Å². The molecular formula is C14H10BrNO4. The van der Waals surface area contributed by atoms with Gasteiger partial charge in [-0.1, -0.05) is 22.0 Å². The van der Waals surface area contributed by atoms with E-state index in [4.69, 9.17) is 4.74 Å². The van der Waals surface area contributed by atoms with Crippen molar-refractivity contribution in [2.24, 2.45) is 0 Å². The molecule has 20 heavy (non-hydrogen) atoms.